The molecule has 0 unspecified atom stereocenters. The molecule has 0 aromatic heterocycles. The molecule has 2 aromatic carbocycles. The summed E-state index contributed by atoms with van der Waals surface area (Å²) in [6, 6.07) is 16.4. The van der Waals surface area contributed by atoms with Crippen LogP contribution in [0.3, 0.4) is 0 Å². The maximum absolute atomic E-state index is 12.6. The van der Waals surface area contributed by atoms with Gasteiger partial charge in [-0.2, -0.15) is 0 Å². The summed E-state index contributed by atoms with van der Waals surface area (Å²) in [4.78, 5) is 24.4. The molecule has 0 aliphatic carbocycles. The maximum atomic E-state index is 12.6. The van der Waals surface area contributed by atoms with E-state index in [-0.39, 0.29) is 11.8 Å². The van der Waals surface area contributed by atoms with Crippen molar-refractivity contribution >= 4 is 23.2 Å². The number of amides is 2. The summed E-state index contributed by atoms with van der Waals surface area (Å²) < 4.78 is 5.76. The molecule has 0 heterocycles. The van der Waals surface area contributed by atoms with E-state index in [1.165, 1.54) is 0 Å². The Morgan fingerprint density at radius 3 is 2.12 bits per heavy atom. The van der Waals surface area contributed by atoms with E-state index in [2.05, 4.69) is 10.6 Å². The minimum atomic E-state index is -0.609. The molecule has 2 amide bonds. The fourth-order valence-electron chi connectivity index (χ4n) is 2.34. The zero-order chi connectivity index (χ0) is 18.1. The van der Waals surface area contributed by atoms with Crippen LogP contribution in [0.5, 0.6) is 5.75 Å². The van der Waals surface area contributed by atoms with Crippen molar-refractivity contribution in [1.82, 2.24) is 0 Å². The highest BCUT2D eigenvalue weighted by Crippen LogP contribution is 2.22. The molecular formula is C20H24N2O3. The van der Waals surface area contributed by atoms with E-state index in [1.807, 2.05) is 56.3 Å². The Balaban J connectivity index is 2.07. The topological polar surface area (TPSA) is 67.4 Å². The molecule has 0 radical (unpaired) electrons. The molecule has 25 heavy (non-hydrogen) atoms. The number of hydrogen-bond donors (Lipinski definition) is 2. The van der Waals surface area contributed by atoms with Gasteiger partial charge in [-0.05, 0) is 37.1 Å². The zero-order valence-corrected chi connectivity index (χ0v) is 14.6. The van der Waals surface area contributed by atoms with Crippen LogP contribution in [0.25, 0.3) is 0 Å². The molecular weight excluding hydrogens is 316 g/mol. The van der Waals surface area contributed by atoms with E-state index in [4.69, 9.17) is 4.74 Å². The van der Waals surface area contributed by atoms with Crippen LogP contribution < -0.4 is 15.4 Å². The van der Waals surface area contributed by atoms with Gasteiger partial charge < -0.3 is 15.4 Å². The number of ether oxygens (including phenoxy) is 1. The van der Waals surface area contributed by atoms with Crippen LogP contribution in [0.2, 0.25) is 0 Å². The SMILES string of the molecule is CCCC(=O)Nc1ccccc1NC(=O)[C@@H](CC)Oc1ccccc1. The lowest BCUT2D eigenvalue weighted by Crippen LogP contribution is -2.32. The predicted octanol–water partition coefficient (Wildman–Crippen LogP) is 4.22. The van der Waals surface area contributed by atoms with Gasteiger partial charge >= 0.3 is 0 Å². The van der Waals surface area contributed by atoms with Gasteiger partial charge in [0, 0.05) is 6.42 Å². The van der Waals surface area contributed by atoms with Crippen LogP contribution in [0.15, 0.2) is 54.6 Å². The Kier molecular flexibility index (Phi) is 7.01. The van der Waals surface area contributed by atoms with Gasteiger partial charge in [0.05, 0.1) is 11.4 Å². The highest BCUT2D eigenvalue weighted by atomic mass is 16.5. The molecule has 0 saturated heterocycles. The third-order valence-electron chi connectivity index (χ3n) is 3.62. The highest BCUT2D eigenvalue weighted by molar-refractivity contribution is 6.01. The van der Waals surface area contributed by atoms with Crippen LogP contribution >= 0.6 is 0 Å². The highest BCUT2D eigenvalue weighted by Gasteiger charge is 2.19. The molecule has 1 atom stereocenters. The van der Waals surface area contributed by atoms with Crippen molar-refractivity contribution in [2.75, 3.05) is 10.6 Å². The fraction of sp³-hybridized carbons (Fsp3) is 0.300. The monoisotopic (exact) mass is 340 g/mol. The van der Waals surface area contributed by atoms with Crippen molar-refractivity contribution in [1.29, 1.82) is 0 Å². The van der Waals surface area contributed by atoms with Crippen molar-refractivity contribution in [2.45, 2.75) is 39.2 Å². The normalized spacial score (nSPS) is 11.4. The van der Waals surface area contributed by atoms with Gasteiger partial charge in [0.25, 0.3) is 5.91 Å². The molecule has 0 aliphatic heterocycles. The molecule has 0 spiro atoms. The number of nitrogens with one attached hydrogen (secondary N) is 2. The molecule has 2 aromatic rings. The fourth-order valence-corrected chi connectivity index (χ4v) is 2.34. The zero-order valence-electron chi connectivity index (χ0n) is 14.6. The van der Waals surface area contributed by atoms with Gasteiger partial charge in [0.1, 0.15) is 5.75 Å². The van der Waals surface area contributed by atoms with Crippen molar-refractivity contribution in [3.8, 4) is 5.75 Å². The van der Waals surface area contributed by atoms with Gasteiger partial charge in [0.2, 0.25) is 5.91 Å². The number of carbonyl (C=O) groups is 2. The standard InChI is InChI=1S/C20H24N2O3/c1-3-10-19(23)21-16-13-8-9-14-17(16)22-20(24)18(4-2)25-15-11-6-5-7-12-15/h5-9,11-14,18H,3-4,10H2,1-2H3,(H,21,23)(H,22,24)/t18-/m1/s1. The van der Waals surface area contributed by atoms with Crippen LogP contribution in [0.4, 0.5) is 11.4 Å². The van der Waals surface area contributed by atoms with Crippen molar-refractivity contribution in [3.63, 3.8) is 0 Å². The second-order valence-electron chi connectivity index (χ2n) is 5.66. The summed E-state index contributed by atoms with van der Waals surface area (Å²) in [5.41, 5.74) is 1.15. The average Bonchev–Trinajstić information content (AvgIpc) is 2.62. The molecule has 0 aliphatic rings. The van der Waals surface area contributed by atoms with E-state index >= 15 is 0 Å². The lowest BCUT2D eigenvalue weighted by molar-refractivity contribution is -0.123. The third kappa shape index (κ3) is 5.64. The minimum Gasteiger partial charge on any atom is -0.481 e. The Morgan fingerprint density at radius 2 is 1.52 bits per heavy atom. The second kappa shape index (κ2) is 9.47. The molecule has 0 saturated carbocycles. The Hall–Kier alpha value is -2.82. The Bertz CT molecular complexity index is 701. The molecule has 2 N–H and O–H groups in total. The summed E-state index contributed by atoms with van der Waals surface area (Å²) >= 11 is 0. The molecule has 0 bridgehead atoms. The van der Waals surface area contributed by atoms with Crippen LogP contribution in [0.1, 0.15) is 33.1 Å². The van der Waals surface area contributed by atoms with Gasteiger partial charge in [-0.25, -0.2) is 0 Å². The van der Waals surface area contributed by atoms with Gasteiger partial charge in [-0.3, -0.25) is 9.59 Å². The van der Waals surface area contributed by atoms with Gasteiger partial charge in [0.15, 0.2) is 6.10 Å². The van der Waals surface area contributed by atoms with E-state index in [1.54, 1.807) is 12.1 Å². The first-order chi connectivity index (χ1) is 12.1. The lowest BCUT2D eigenvalue weighted by Gasteiger charge is -2.18. The van der Waals surface area contributed by atoms with Crippen LogP contribution in [-0.4, -0.2) is 17.9 Å². The summed E-state index contributed by atoms with van der Waals surface area (Å²) in [5, 5.41) is 5.68. The average molecular weight is 340 g/mol. The smallest absolute Gasteiger partial charge is 0.265 e. The second-order valence-corrected chi connectivity index (χ2v) is 5.66. The number of hydrogen-bond acceptors (Lipinski definition) is 3. The van der Waals surface area contributed by atoms with Crippen LogP contribution in [0, 0.1) is 0 Å². The van der Waals surface area contributed by atoms with Crippen LogP contribution in [-0.2, 0) is 9.59 Å². The largest absolute Gasteiger partial charge is 0.481 e. The van der Waals surface area contributed by atoms with Gasteiger partial charge in [-0.15, -0.1) is 0 Å². The number of anilines is 2. The Labute approximate surface area is 148 Å². The first kappa shape index (κ1) is 18.5. The van der Waals surface area contributed by atoms with E-state index in [9.17, 15) is 9.59 Å². The molecule has 2 rings (SSSR count). The van der Waals surface area contributed by atoms with Crippen molar-refractivity contribution in [3.05, 3.63) is 54.6 Å². The summed E-state index contributed by atoms with van der Waals surface area (Å²) in [5.74, 6) is 0.328. The van der Waals surface area contributed by atoms with E-state index < -0.39 is 6.10 Å². The molecule has 0 fully saturated rings. The number of para-hydroxylation sites is 3. The quantitative estimate of drug-likeness (QED) is 0.756. The number of benzene rings is 2. The van der Waals surface area contributed by atoms with E-state index in [0.29, 0.717) is 30.0 Å². The Morgan fingerprint density at radius 1 is 0.920 bits per heavy atom. The number of carbonyl (C=O) groups excluding carboxylic acids is 2. The first-order valence-corrected chi connectivity index (χ1v) is 8.55. The van der Waals surface area contributed by atoms with Gasteiger partial charge in [-0.1, -0.05) is 44.2 Å². The van der Waals surface area contributed by atoms with Crippen molar-refractivity contribution < 1.29 is 14.3 Å². The lowest BCUT2D eigenvalue weighted by atomic mass is 10.2. The summed E-state index contributed by atoms with van der Waals surface area (Å²) in [7, 11) is 0. The maximum Gasteiger partial charge on any atom is 0.265 e. The van der Waals surface area contributed by atoms with Crippen molar-refractivity contribution in [2.24, 2.45) is 0 Å². The summed E-state index contributed by atoms with van der Waals surface area (Å²) in [6.07, 6.45) is 1.13. The minimum absolute atomic E-state index is 0.0724. The first-order valence-electron chi connectivity index (χ1n) is 8.55. The third-order valence-corrected chi connectivity index (χ3v) is 3.62. The van der Waals surface area contributed by atoms with E-state index in [0.717, 1.165) is 6.42 Å². The molecule has 5 heteroatoms. The number of rotatable bonds is 8. The summed E-state index contributed by atoms with van der Waals surface area (Å²) in [6.45, 7) is 3.84. The molecule has 132 valence electrons. The predicted molar refractivity (Wildman–Crippen MR) is 99.8 cm³/mol. The molecule has 5 nitrogen and oxygen atoms in total.